The highest BCUT2D eigenvalue weighted by Gasteiger charge is 2.24. The Labute approximate surface area is 107 Å². The third kappa shape index (κ3) is 2.40. The fraction of sp³-hybridized carbons (Fsp3) is 0.500. The van der Waals surface area contributed by atoms with Crippen LogP contribution in [0.15, 0.2) is 30.6 Å². The number of nitrogens with zero attached hydrogens (tertiary/aromatic N) is 2. The molecule has 4 heteroatoms. The number of imidazole rings is 1. The van der Waals surface area contributed by atoms with Crippen molar-refractivity contribution in [3.8, 4) is 0 Å². The molecule has 0 bridgehead atoms. The lowest BCUT2D eigenvalue weighted by molar-refractivity contribution is 0.131. The number of nitrogens with one attached hydrogen (secondary N) is 1. The Hall–Kier alpha value is -1.39. The molecule has 2 heterocycles. The summed E-state index contributed by atoms with van der Waals surface area (Å²) in [6.07, 6.45) is 7.19. The van der Waals surface area contributed by atoms with E-state index in [-0.39, 0.29) is 6.10 Å². The van der Waals surface area contributed by atoms with Crippen LogP contribution in [-0.2, 0) is 6.54 Å². The van der Waals surface area contributed by atoms with Gasteiger partial charge in [0.1, 0.15) is 5.65 Å². The summed E-state index contributed by atoms with van der Waals surface area (Å²) in [5.41, 5.74) is 2.03. The molecule has 2 aromatic heterocycles. The van der Waals surface area contributed by atoms with Gasteiger partial charge in [-0.1, -0.05) is 12.5 Å². The maximum Gasteiger partial charge on any atom is 0.137 e. The SMILES string of the molecule is OC1CCCC1CNCc1cn2ccccc2n1. The van der Waals surface area contributed by atoms with Gasteiger partial charge in [0.15, 0.2) is 0 Å². The Balaban J connectivity index is 1.56. The molecular weight excluding hydrogens is 226 g/mol. The van der Waals surface area contributed by atoms with Crippen molar-refractivity contribution in [1.29, 1.82) is 0 Å². The summed E-state index contributed by atoms with van der Waals surface area (Å²) in [5, 5.41) is 13.1. The molecule has 1 saturated carbocycles. The van der Waals surface area contributed by atoms with E-state index in [0.29, 0.717) is 5.92 Å². The van der Waals surface area contributed by atoms with E-state index in [1.54, 1.807) is 0 Å². The molecule has 96 valence electrons. The van der Waals surface area contributed by atoms with Gasteiger partial charge >= 0.3 is 0 Å². The minimum absolute atomic E-state index is 0.112. The van der Waals surface area contributed by atoms with Crippen LogP contribution in [0, 0.1) is 5.92 Å². The highest BCUT2D eigenvalue weighted by molar-refractivity contribution is 5.39. The summed E-state index contributed by atoms with van der Waals surface area (Å²) in [6.45, 7) is 1.65. The fourth-order valence-corrected chi connectivity index (χ4v) is 2.71. The summed E-state index contributed by atoms with van der Waals surface area (Å²) in [6, 6.07) is 6.00. The smallest absolute Gasteiger partial charge is 0.137 e. The molecule has 2 atom stereocenters. The lowest BCUT2D eigenvalue weighted by Crippen LogP contribution is -2.27. The van der Waals surface area contributed by atoms with Crippen molar-refractivity contribution in [2.75, 3.05) is 6.54 Å². The summed E-state index contributed by atoms with van der Waals surface area (Å²) < 4.78 is 2.03. The second kappa shape index (κ2) is 5.08. The van der Waals surface area contributed by atoms with Crippen molar-refractivity contribution in [2.24, 2.45) is 5.92 Å². The van der Waals surface area contributed by atoms with Gasteiger partial charge in [0.25, 0.3) is 0 Å². The Morgan fingerprint density at radius 3 is 3.11 bits per heavy atom. The average molecular weight is 245 g/mol. The number of aliphatic hydroxyl groups excluding tert-OH is 1. The lowest BCUT2D eigenvalue weighted by atomic mass is 10.1. The van der Waals surface area contributed by atoms with Gasteiger partial charge < -0.3 is 14.8 Å². The summed E-state index contributed by atoms with van der Waals surface area (Å²) >= 11 is 0. The number of aliphatic hydroxyl groups is 1. The first-order valence-electron chi connectivity index (χ1n) is 6.64. The van der Waals surface area contributed by atoms with E-state index in [4.69, 9.17) is 0 Å². The van der Waals surface area contributed by atoms with Gasteiger partial charge in [0.2, 0.25) is 0 Å². The number of aromatic nitrogens is 2. The third-order valence-corrected chi connectivity index (χ3v) is 3.75. The van der Waals surface area contributed by atoms with Crippen molar-refractivity contribution < 1.29 is 5.11 Å². The molecule has 0 spiro atoms. The van der Waals surface area contributed by atoms with Gasteiger partial charge in [-0.3, -0.25) is 0 Å². The molecule has 3 rings (SSSR count). The molecule has 2 unspecified atom stereocenters. The maximum absolute atomic E-state index is 9.74. The van der Waals surface area contributed by atoms with Gasteiger partial charge in [-0.15, -0.1) is 0 Å². The Morgan fingerprint density at radius 2 is 2.33 bits per heavy atom. The van der Waals surface area contributed by atoms with E-state index < -0.39 is 0 Å². The number of rotatable bonds is 4. The van der Waals surface area contributed by atoms with E-state index in [9.17, 15) is 5.11 Å². The minimum Gasteiger partial charge on any atom is -0.393 e. The quantitative estimate of drug-likeness (QED) is 0.860. The molecule has 4 nitrogen and oxygen atoms in total. The second-order valence-corrected chi connectivity index (χ2v) is 5.09. The number of pyridine rings is 1. The van der Waals surface area contributed by atoms with Crippen LogP contribution in [0.4, 0.5) is 0 Å². The first-order valence-corrected chi connectivity index (χ1v) is 6.64. The van der Waals surface area contributed by atoms with Gasteiger partial charge in [-0.2, -0.15) is 0 Å². The van der Waals surface area contributed by atoms with Crippen LogP contribution >= 0.6 is 0 Å². The van der Waals surface area contributed by atoms with E-state index in [0.717, 1.165) is 43.7 Å². The van der Waals surface area contributed by atoms with Crippen LogP contribution in [0.25, 0.3) is 5.65 Å². The van der Waals surface area contributed by atoms with Crippen molar-refractivity contribution in [1.82, 2.24) is 14.7 Å². The summed E-state index contributed by atoms with van der Waals surface area (Å²) in [4.78, 5) is 4.53. The first kappa shape index (κ1) is 11.7. The van der Waals surface area contributed by atoms with Crippen LogP contribution in [0.2, 0.25) is 0 Å². The largest absolute Gasteiger partial charge is 0.393 e. The van der Waals surface area contributed by atoms with Gasteiger partial charge in [-0.25, -0.2) is 4.98 Å². The molecule has 1 aliphatic carbocycles. The zero-order chi connectivity index (χ0) is 12.4. The predicted octanol–water partition coefficient (Wildman–Crippen LogP) is 1.58. The van der Waals surface area contributed by atoms with Gasteiger partial charge in [-0.05, 0) is 30.9 Å². The molecule has 0 amide bonds. The number of fused-ring (bicyclic) bond motifs is 1. The monoisotopic (exact) mass is 245 g/mol. The van der Waals surface area contributed by atoms with Gasteiger partial charge in [0, 0.05) is 25.5 Å². The number of hydrogen-bond donors (Lipinski definition) is 2. The first-order chi connectivity index (χ1) is 8.83. The van der Waals surface area contributed by atoms with Crippen LogP contribution in [-0.4, -0.2) is 27.1 Å². The van der Waals surface area contributed by atoms with Crippen LogP contribution in [0.1, 0.15) is 25.0 Å². The van der Waals surface area contributed by atoms with E-state index in [2.05, 4.69) is 10.3 Å². The molecule has 2 aromatic rings. The van der Waals surface area contributed by atoms with Crippen molar-refractivity contribution in [3.63, 3.8) is 0 Å². The molecular formula is C14H19N3O. The molecule has 2 N–H and O–H groups in total. The molecule has 0 aromatic carbocycles. The van der Waals surface area contributed by atoms with E-state index in [1.165, 1.54) is 0 Å². The highest BCUT2D eigenvalue weighted by Crippen LogP contribution is 2.24. The molecule has 0 aliphatic heterocycles. The van der Waals surface area contributed by atoms with Gasteiger partial charge in [0.05, 0.1) is 11.8 Å². The van der Waals surface area contributed by atoms with Crippen LogP contribution < -0.4 is 5.32 Å². The fourth-order valence-electron chi connectivity index (χ4n) is 2.71. The van der Waals surface area contributed by atoms with Crippen LogP contribution in [0.3, 0.4) is 0 Å². The normalized spacial score (nSPS) is 23.8. The topological polar surface area (TPSA) is 49.6 Å². The third-order valence-electron chi connectivity index (χ3n) is 3.75. The Bertz CT molecular complexity index is 489. The minimum atomic E-state index is -0.112. The van der Waals surface area contributed by atoms with Crippen LogP contribution in [0.5, 0.6) is 0 Å². The molecule has 0 saturated heterocycles. The second-order valence-electron chi connectivity index (χ2n) is 5.09. The van der Waals surface area contributed by atoms with Crippen molar-refractivity contribution in [2.45, 2.75) is 31.9 Å². The maximum atomic E-state index is 9.74. The molecule has 1 fully saturated rings. The summed E-state index contributed by atoms with van der Waals surface area (Å²) in [5.74, 6) is 0.419. The van der Waals surface area contributed by atoms with E-state index in [1.807, 2.05) is 35.0 Å². The van der Waals surface area contributed by atoms with Crippen molar-refractivity contribution >= 4 is 5.65 Å². The Kier molecular flexibility index (Phi) is 3.30. The average Bonchev–Trinajstić information content (AvgIpc) is 2.96. The summed E-state index contributed by atoms with van der Waals surface area (Å²) in [7, 11) is 0. The standard InChI is InChI=1S/C14H19N3O/c18-13-5-3-4-11(13)8-15-9-12-10-17-7-2-1-6-14(17)16-12/h1-2,6-7,10-11,13,15,18H,3-5,8-9H2. The number of hydrogen-bond acceptors (Lipinski definition) is 3. The molecule has 18 heavy (non-hydrogen) atoms. The zero-order valence-electron chi connectivity index (χ0n) is 10.4. The lowest BCUT2D eigenvalue weighted by Gasteiger charge is -2.14. The zero-order valence-corrected chi connectivity index (χ0v) is 10.4. The van der Waals surface area contributed by atoms with E-state index >= 15 is 0 Å². The highest BCUT2D eigenvalue weighted by atomic mass is 16.3. The molecule has 0 radical (unpaired) electrons. The van der Waals surface area contributed by atoms with Crippen molar-refractivity contribution in [3.05, 3.63) is 36.3 Å². The molecule has 1 aliphatic rings. The Morgan fingerprint density at radius 1 is 1.39 bits per heavy atom. The predicted molar refractivity (Wildman–Crippen MR) is 70.2 cm³/mol.